The first-order chi connectivity index (χ1) is 14.5. The van der Waals surface area contributed by atoms with Crippen LogP contribution in [-0.4, -0.2) is 42.4 Å². The molecule has 0 radical (unpaired) electrons. The van der Waals surface area contributed by atoms with Gasteiger partial charge in [-0.15, -0.1) is 12.6 Å². The lowest BCUT2D eigenvalue weighted by molar-refractivity contribution is -0.317. The van der Waals surface area contributed by atoms with E-state index in [1.165, 1.54) is 13.3 Å². The van der Waals surface area contributed by atoms with Crippen LogP contribution in [0.15, 0.2) is 52.3 Å². The van der Waals surface area contributed by atoms with Gasteiger partial charge in [-0.2, -0.15) is 0 Å². The Hall–Kier alpha value is -1.36. The second kappa shape index (κ2) is 9.02. The number of hydrogen-bond donors (Lipinski definition) is 1. The number of thiol groups is 1. The molecular formula is C19H18BrClN4O4S. The van der Waals surface area contributed by atoms with Crippen molar-refractivity contribution in [3.63, 3.8) is 0 Å². The highest BCUT2D eigenvalue weighted by Crippen LogP contribution is 2.50. The fourth-order valence-electron chi connectivity index (χ4n) is 3.99. The van der Waals surface area contributed by atoms with Gasteiger partial charge in [-0.3, -0.25) is 0 Å². The topological polar surface area (TPSA) is 98.6 Å². The lowest BCUT2D eigenvalue weighted by atomic mass is 9.76. The molecule has 3 heterocycles. The third kappa shape index (κ3) is 3.72. The average Bonchev–Trinajstić information content (AvgIpc) is 2.76. The molecule has 0 bridgehead atoms. The van der Waals surface area contributed by atoms with Crippen LogP contribution < -0.4 is 0 Å². The van der Waals surface area contributed by atoms with Gasteiger partial charge in [0.1, 0.15) is 33.9 Å². The lowest BCUT2D eigenvalue weighted by Gasteiger charge is -2.53. The molecule has 4 rings (SSSR count). The highest BCUT2D eigenvalue weighted by atomic mass is 79.9. The summed E-state index contributed by atoms with van der Waals surface area (Å²) in [7, 11) is 1.50. The predicted octanol–water partition coefficient (Wildman–Crippen LogP) is 4.79. The molecule has 0 amide bonds. The van der Waals surface area contributed by atoms with Crippen LogP contribution in [-0.2, 0) is 24.5 Å². The van der Waals surface area contributed by atoms with Crippen LogP contribution in [0.25, 0.3) is 10.4 Å². The number of nitrogens with zero attached hydrogens (tertiary/aromatic N) is 4. The smallest absolute Gasteiger partial charge is 0.184 e. The molecule has 158 valence electrons. The summed E-state index contributed by atoms with van der Waals surface area (Å²) in [5, 5.41) is 4.60. The van der Waals surface area contributed by atoms with Gasteiger partial charge in [0.05, 0.1) is 11.6 Å². The van der Waals surface area contributed by atoms with Crippen molar-refractivity contribution in [2.24, 2.45) is 5.11 Å². The minimum absolute atomic E-state index is 0.214. The molecule has 6 atom stereocenters. The van der Waals surface area contributed by atoms with Crippen molar-refractivity contribution in [3.05, 3.63) is 73.8 Å². The third-order valence-corrected chi connectivity index (χ3v) is 6.46. The summed E-state index contributed by atoms with van der Waals surface area (Å²) >= 11 is 14.3. The van der Waals surface area contributed by atoms with E-state index >= 15 is 0 Å². The monoisotopic (exact) mass is 512 g/mol. The molecule has 8 nitrogen and oxygen atoms in total. The van der Waals surface area contributed by atoms with E-state index < -0.39 is 35.6 Å². The number of pyridine rings is 1. The van der Waals surface area contributed by atoms with Crippen LogP contribution >= 0.6 is 40.2 Å². The molecule has 0 N–H and O–H groups in total. The molecule has 11 heteroatoms. The largest absolute Gasteiger partial charge is 0.377 e. The first-order valence-electron chi connectivity index (χ1n) is 9.07. The van der Waals surface area contributed by atoms with Crippen LogP contribution in [0.2, 0.25) is 5.02 Å². The van der Waals surface area contributed by atoms with Crippen LogP contribution in [0.1, 0.15) is 17.4 Å². The minimum atomic E-state index is -1.37. The summed E-state index contributed by atoms with van der Waals surface area (Å²) < 4.78 is 24.5. The second-order valence-electron chi connectivity index (χ2n) is 6.86. The summed E-state index contributed by atoms with van der Waals surface area (Å²) in [6.07, 6.45) is -1.28. The fraction of sp³-hybridized carbons (Fsp3) is 0.421. The number of methoxy groups -OCH3 is 1. The SMILES string of the molecule is CO[C@H]1[C@@H](S)O[C@@H]2COC(c3ccccc3)O[C@@H]2C1(N=[N+]=[N-])c1cc(Cl)cnc1Br. The van der Waals surface area contributed by atoms with E-state index in [-0.39, 0.29) is 6.61 Å². The summed E-state index contributed by atoms with van der Waals surface area (Å²) in [6, 6.07) is 11.2. The zero-order chi connectivity index (χ0) is 21.3. The number of rotatable bonds is 4. The van der Waals surface area contributed by atoms with Crippen molar-refractivity contribution in [1.82, 2.24) is 4.98 Å². The van der Waals surface area contributed by atoms with Crippen molar-refractivity contribution in [2.75, 3.05) is 13.7 Å². The van der Waals surface area contributed by atoms with E-state index in [0.29, 0.717) is 15.2 Å². The fourth-order valence-corrected chi connectivity index (χ4v) is 5.19. The molecule has 2 aliphatic rings. The highest BCUT2D eigenvalue weighted by Gasteiger charge is 2.61. The predicted molar refractivity (Wildman–Crippen MR) is 116 cm³/mol. The summed E-state index contributed by atoms with van der Waals surface area (Å²) in [6.45, 7) is 0.214. The van der Waals surface area contributed by atoms with E-state index in [0.717, 1.165) is 5.56 Å². The molecular weight excluding hydrogens is 496 g/mol. The number of fused-ring (bicyclic) bond motifs is 1. The van der Waals surface area contributed by atoms with E-state index in [9.17, 15) is 5.53 Å². The van der Waals surface area contributed by atoms with Gasteiger partial charge in [0, 0.05) is 29.3 Å². The van der Waals surface area contributed by atoms with Gasteiger partial charge < -0.3 is 18.9 Å². The Morgan fingerprint density at radius 1 is 1.37 bits per heavy atom. The van der Waals surface area contributed by atoms with Crippen molar-refractivity contribution < 1.29 is 18.9 Å². The van der Waals surface area contributed by atoms with Crippen molar-refractivity contribution >= 4 is 40.2 Å². The van der Waals surface area contributed by atoms with Gasteiger partial charge in [0.15, 0.2) is 6.29 Å². The zero-order valence-corrected chi connectivity index (χ0v) is 19.0. The van der Waals surface area contributed by atoms with Crippen LogP contribution in [0.5, 0.6) is 0 Å². The van der Waals surface area contributed by atoms with Gasteiger partial charge in [-0.25, -0.2) is 4.98 Å². The van der Waals surface area contributed by atoms with Gasteiger partial charge in [0.25, 0.3) is 0 Å². The van der Waals surface area contributed by atoms with Crippen LogP contribution in [0, 0.1) is 0 Å². The maximum absolute atomic E-state index is 9.56. The Balaban J connectivity index is 1.88. The minimum Gasteiger partial charge on any atom is -0.377 e. The zero-order valence-electron chi connectivity index (χ0n) is 15.8. The Morgan fingerprint density at radius 2 is 2.13 bits per heavy atom. The second-order valence-corrected chi connectivity index (χ2v) is 8.56. The number of hydrogen-bond acceptors (Lipinski definition) is 7. The van der Waals surface area contributed by atoms with Gasteiger partial charge in [-0.05, 0) is 27.5 Å². The van der Waals surface area contributed by atoms with Crippen molar-refractivity contribution in [2.45, 2.75) is 35.6 Å². The Kier molecular flexibility index (Phi) is 6.57. The molecule has 1 aromatic heterocycles. The maximum atomic E-state index is 9.56. The van der Waals surface area contributed by atoms with Gasteiger partial charge >= 0.3 is 0 Å². The van der Waals surface area contributed by atoms with Gasteiger partial charge in [-0.1, -0.05) is 47.0 Å². The van der Waals surface area contributed by atoms with E-state index in [2.05, 4.69) is 43.6 Å². The number of halogens is 2. The Morgan fingerprint density at radius 3 is 2.83 bits per heavy atom. The summed E-state index contributed by atoms with van der Waals surface area (Å²) in [5.74, 6) is 0. The molecule has 2 fully saturated rings. The standard InChI is InChI=1S/C19H18BrClN4O4S/c1-26-15-18(30)28-13-9-27-17(10-5-3-2-4-6-10)29-14(13)19(15,24-25-22)12-7-11(21)8-23-16(12)20/h2-8,13-15,17-18,30H,9H2,1H3/t13-,14+,15+,17?,18-,19?/m1/s1. The van der Waals surface area contributed by atoms with E-state index in [1.807, 2.05) is 30.3 Å². The number of azide groups is 1. The normalized spacial score (nSPS) is 33.4. The first-order valence-corrected chi connectivity index (χ1v) is 10.8. The molecule has 2 aromatic rings. The Labute approximate surface area is 192 Å². The molecule has 2 unspecified atom stereocenters. The third-order valence-electron chi connectivity index (χ3n) is 5.23. The van der Waals surface area contributed by atoms with Gasteiger partial charge in [0.2, 0.25) is 0 Å². The lowest BCUT2D eigenvalue weighted by Crippen LogP contribution is -2.66. The molecule has 2 aliphatic heterocycles. The number of benzene rings is 1. The Bertz CT molecular complexity index is 967. The van der Waals surface area contributed by atoms with Crippen molar-refractivity contribution in [3.8, 4) is 0 Å². The molecule has 1 aromatic carbocycles. The molecule has 30 heavy (non-hydrogen) atoms. The molecule has 2 saturated heterocycles. The summed E-state index contributed by atoms with van der Waals surface area (Å²) in [4.78, 5) is 7.43. The van der Waals surface area contributed by atoms with Crippen molar-refractivity contribution in [1.29, 1.82) is 0 Å². The first kappa shape index (κ1) is 21.9. The van der Waals surface area contributed by atoms with Crippen LogP contribution in [0.4, 0.5) is 0 Å². The quantitative estimate of drug-likeness (QED) is 0.208. The number of ether oxygens (including phenoxy) is 4. The molecule has 0 spiro atoms. The van der Waals surface area contributed by atoms with E-state index in [4.69, 9.17) is 30.5 Å². The van der Waals surface area contributed by atoms with Crippen LogP contribution in [0.3, 0.4) is 0 Å². The number of aromatic nitrogens is 1. The summed E-state index contributed by atoms with van der Waals surface area (Å²) in [5.41, 5.74) is 8.82. The van der Waals surface area contributed by atoms with E-state index in [1.54, 1.807) is 6.07 Å². The maximum Gasteiger partial charge on any atom is 0.184 e. The average molecular weight is 514 g/mol. The highest BCUT2D eigenvalue weighted by molar-refractivity contribution is 9.10. The molecule has 0 saturated carbocycles. The molecule has 0 aliphatic carbocycles.